The summed E-state index contributed by atoms with van der Waals surface area (Å²) in [5.41, 5.74) is 2.25. The number of hydrogen-bond acceptors (Lipinski definition) is 2. The van der Waals surface area contributed by atoms with Gasteiger partial charge in [-0.2, -0.15) is 0 Å². The van der Waals surface area contributed by atoms with Gasteiger partial charge < -0.3 is 4.74 Å². The topological polar surface area (TPSA) is 22.1 Å². The van der Waals surface area contributed by atoms with Crippen molar-refractivity contribution in [3.8, 4) is 5.88 Å². The molecule has 0 unspecified atom stereocenters. The first kappa shape index (κ1) is 12.0. The Morgan fingerprint density at radius 3 is 2.67 bits per heavy atom. The fourth-order valence-electron chi connectivity index (χ4n) is 1.67. The summed E-state index contributed by atoms with van der Waals surface area (Å²) in [6.45, 7) is 4.22. The second-order valence-corrected chi connectivity index (χ2v) is 3.93. The zero-order valence-electron chi connectivity index (χ0n) is 10.0. The van der Waals surface area contributed by atoms with Gasteiger partial charge in [0.15, 0.2) is 0 Å². The molecule has 0 aliphatic rings. The smallest absolute Gasteiger partial charge is 0.216 e. The lowest BCUT2D eigenvalue weighted by Crippen LogP contribution is -1.96. The second kappa shape index (κ2) is 6.44. The molecule has 84 valence electrons. The van der Waals surface area contributed by atoms with Crippen molar-refractivity contribution < 1.29 is 4.74 Å². The van der Waals surface area contributed by atoms with Crippen LogP contribution in [0, 0.1) is 6.92 Å². The van der Waals surface area contributed by atoms with Crippen LogP contribution in [0.15, 0.2) is 12.1 Å². The molecule has 0 aliphatic heterocycles. The third kappa shape index (κ3) is 3.90. The lowest BCUT2D eigenvalue weighted by molar-refractivity contribution is 0.390. The summed E-state index contributed by atoms with van der Waals surface area (Å²) in [4.78, 5) is 4.37. The Labute approximate surface area is 92.7 Å². The number of aryl methyl sites for hydroxylation is 2. The minimum atomic E-state index is 0.798. The number of rotatable bonds is 6. The highest BCUT2D eigenvalue weighted by Gasteiger charge is 2.03. The minimum Gasteiger partial charge on any atom is -0.481 e. The number of nitrogens with zero attached hydrogens (tertiary/aromatic N) is 1. The van der Waals surface area contributed by atoms with E-state index < -0.39 is 0 Å². The lowest BCUT2D eigenvalue weighted by Gasteiger charge is -2.07. The van der Waals surface area contributed by atoms with Crippen LogP contribution in [0.4, 0.5) is 0 Å². The number of pyridine rings is 1. The number of methoxy groups -OCH3 is 1. The van der Waals surface area contributed by atoms with E-state index in [0.717, 1.165) is 18.0 Å². The molecular weight excluding hydrogens is 186 g/mol. The molecule has 0 N–H and O–H groups in total. The standard InChI is InChI=1S/C13H21NO/c1-4-5-6-7-8-12-10-9-11(2)14-13(12)15-3/h9-10H,4-8H2,1-3H3. The molecule has 0 aliphatic carbocycles. The Balaban J connectivity index is 2.52. The van der Waals surface area contributed by atoms with E-state index in [-0.39, 0.29) is 0 Å². The maximum atomic E-state index is 5.27. The van der Waals surface area contributed by atoms with E-state index in [1.165, 1.54) is 31.2 Å². The van der Waals surface area contributed by atoms with Gasteiger partial charge in [-0.3, -0.25) is 0 Å². The molecule has 0 saturated heterocycles. The number of hydrogen-bond donors (Lipinski definition) is 0. The lowest BCUT2D eigenvalue weighted by atomic mass is 10.1. The predicted octanol–water partition coefficient (Wildman–Crippen LogP) is 3.52. The zero-order valence-corrected chi connectivity index (χ0v) is 10.0. The average Bonchev–Trinajstić information content (AvgIpc) is 2.26. The van der Waals surface area contributed by atoms with E-state index in [9.17, 15) is 0 Å². The minimum absolute atomic E-state index is 0.798. The molecule has 2 heteroatoms. The van der Waals surface area contributed by atoms with Gasteiger partial charge in [0.05, 0.1) is 7.11 Å². The zero-order chi connectivity index (χ0) is 11.1. The quantitative estimate of drug-likeness (QED) is 0.666. The summed E-state index contributed by atoms with van der Waals surface area (Å²) in [5.74, 6) is 0.798. The Kier molecular flexibility index (Phi) is 5.16. The molecule has 2 nitrogen and oxygen atoms in total. The fraction of sp³-hybridized carbons (Fsp3) is 0.615. The molecule has 1 aromatic rings. The van der Waals surface area contributed by atoms with Gasteiger partial charge in [0.2, 0.25) is 5.88 Å². The van der Waals surface area contributed by atoms with Crippen LogP contribution in [0.2, 0.25) is 0 Å². The Morgan fingerprint density at radius 1 is 1.20 bits per heavy atom. The third-order valence-electron chi connectivity index (χ3n) is 2.57. The van der Waals surface area contributed by atoms with Crippen LogP contribution in [0.3, 0.4) is 0 Å². The summed E-state index contributed by atoms with van der Waals surface area (Å²) in [7, 11) is 1.69. The van der Waals surface area contributed by atoms with Crippen molar-refractivity contribution in [2.24, 2.45) is 0 Å². The highest BCUT2D eigenvalue weighted by Crippen LogP contribution is 2.18. The number of unbranched alkanes of at least 4 members (excludes halogenated alkanes) is 3. The van der Waals surface area contributed by atoms with Gasteiger partial charge in [0, 0.05) is 11.3 Å². The number of aromatic nitrogens is 1. The van der Waals surface area contributed by atoms with Crippen molar-refractivity contribution in [1.29, 1.82) is 0 Å². The molecule has 0 atom stereocenters. The SMILES string of the molecule is CCCCCCc1ccc(C)nc1OC. The van der Waals surface area contributed by atoms with Gasteiger partial charge in [-0.1, -0.05) is 32.3 Å². The Morgan fingerprint density at radius 2 is 2.00 bits per heavy atom. The normalized spacial score (nSPS) is 10.3. The summed E-state index contributed by atoms with van der Waals surface area (Å²) < 4.78 is 5.27. The van der Waals surface area contributed by atoms with Crippen molar-refractivity contribution in [3.05, 3.63) is 23.4 Å². The monoisotopic (exact) mass is 207 g/mol. The summed E-state index contributed by atoms with van der Waals surface area (Å²) in [6, 6.07) is 4.19. The van der Waals surface area contributed by atoms with Gasteiger partial charge in [0.25, 0.3) is 0 Å². The van der Waals surface area contributed by atoms with Gasteiger partial charge in [-0.15, -0.1) is 0 Å². The highest BCUT2D eigenvalue weighted by atomic mass is 16.5. The number of ether oxygens (including phenoxy) is 1. The van der Waals surface area contributed by atoms with Crippen LogP contribution in [0.1, 0.15) is 43.9 Å². The molecule has 1 heterocycles. The Hall–Kier alpha value is -1.05. The first-order valence-corrected chi connectivity index (χ1v) is 5.78. The maximum absolute atomic E-state index is 5.27. The van der Waals surface area contributed by atoms with Crippen LogP contribution >= 0.6 is 0 Å². The third-order valence-corrected chi connectivity index (χ3v) is 2.57. The van der Waals surface area contributed by atoms with Crippen molar-refractivity contribution in [2.75, 3.05) is 7.11 Å². The van der Waals surface area contributed by atoms with Crippen LogP contribution in [-0.2, 0) is 6.42 Å². The summed E-state index contributed by atoms with van der Waals surface area (Å²) >= 11 is 0. The van der Waals surface area contributed by atoms with E-state index in [1.807, 2.05) is 6.92 Å². The fourth-order valence-corrected chi connectivity index (χ4v) is 1.67. The van der Waals surface area contributed by atoms with Gasteiger partial charge >= 0.3 is 0 Å². The predicted molar refractivity (Wildman–Crippen MR) is 63.4 cm³/mol. The summed E-state index contributed by atoms with van der Waals surface area (Å²) in [5, 5.41) is 0. The molecule has 0 radical (unpaired) electrons. The molecule has 0 spiro atoms. The maximum Gasteiger partial charge on any atom is 0.216 e. The molecule has 15 heavy (non-hydrogen) atoms. The van der Waals surface area contributed by atoms with Gasteiger partial charge in [-0.05, 0) is 25.8 Å². The van der Waals surface area contributed by atoms with E-state index in [0.29, 0.717) is 0 Å². The Bertz CT molecular complexity index is 297. The van der Waals surface area contributed by atoms with Crippen molar-refractivity contribution in [1.82, 2.24) is 4.98 Å². The van der Waals surface area contributed by atoms with Gasteiger partial charge in [0.1, 0.15) is 0 Å². The van der Waals surface area contributed by atoms with Crippen LogP contribution in [0.5, 0.6) is 5.88 Å². The first-order valence-electron chi connectivity index (χ1n) is 5.78. The molecule has 0 aromatic carbocycles. The summed E-state index contributed by atoms with van der Waals surface area (Å²) in [6.07, 6.45) is 6.21. The van der Waals surface area contributed by atoms with Gasteiger partial charge in [-0.25, -0.2) is 4.98 Å². The highest BCUT2D eigenvalue weighted by molar-refractivity contribution is 5.27. The van der Waals surface area contributed by atoms with E-state index in [2.05, 4.69) is 24.0 Å². The van der Waals surface area contributed by atoms with Crippen molar-refractivity contribution in [2.45, 2.75) is 46.0 Å². The van der Waals surface area contributed by atoms with E-state index >= 15 is 0 Å². The van der Waals surface area contributed by atoms with Crippen LogP contribution < -0.4 is 4.74 Å². The largest absolute Gasteiger partial charge is 0.481 e. The second-order valence-electron chi connectivity index (χ2n) is 3.93. The molecule has 0 amide bonds. The first-order chi connectivity index (χ1) is 7.27. The van der Waals surface area contributed by atoms with E-state index in [4.69, 9.17) is 4.74 Å². The molecule has 0 bridgehead atoms. The van der Waals surface area contributed by atoms with E-state index in [1.54, 1.807) is 7.11 Å². The molecule has 1 rings (SSSR count). The molecule has 0 fully saturated rings. The van der Waals surface area contributed by atoms with Crippen molar-refractivity contribution >= 4 is 0 Å². The molecule has 1 aromatic heterocycles. The van der Waals surface area contributed by atoms with Crippen LogP contribution in [-0.4, -0.2) is 12.1 Å². The molecular formula is C13H21NO. The average molecular weight is 207 g/mol. The van der Waals surface area contributed by atoms with Crippen molar-refractivity contribution in [3.63, 3.8) is 0 Å². The molecule has 0 saturated carbocycles. The van der Waals surface area contributed by atoms with Crippen LogP contribution in [0.25, 0.3) is 0 Å².